The summed E-state index contributed by atoms with van der Waals surface area (Å²) in [5.74, 6) is 1.17. The van der Waals surface area contributed by atoms with Gasteiger partial charge in [0.2, 0.25) is 0 Å². The third-order valence-electron chi connectivity index (χ3n) is 3.32. The van der Waals surface area contributed by atoms with E-state index in [1.54, 1.807) is 6.07 Å². The molecule has 0 aliphatic rings. The molecule has 2 N–H and O–H groups in total. The quantitative estimate of drug-likeness (QED) is 0.430. The first-order valence-corrected chi connectivity index (χ1v) is 7.32. The highest BCUT2D eigenvalue weighted by atomic mass is 127. The Hall–Kier alpha value is -0.850. The van der Waals surface area contributed by atoms with Crippen LogP contribution in [-0.2, 0) is 6.42 Å². The molecule has 0 aliphatic carbocycles. The van der Waals surface area contributed by atoms with Crippen molar-refractivity contribution in [2.75, 3.05) is 13.1 Å². The molecule has 1 atom stereocenters. The van der Waals surface area contributed by atoms with E-state index in [-0.39, 0.29) is 29.8 Å². The highest BCUT2D eigenvalue weighted by Crippen LogP contribution is 2.07. The van der Waals surface area contributed by atoms with Crippen molar-refractivity contribution in [3.63, 3.8) is 0 Å². The molecule has 0 heterocycles. The number of nitrogens with zero attached hydrogens (tertiary/aromatic N) is 1. The molecule has 0 amide bonds. The number of nitrogens with one attached hydrogen (secondary N) is 2. The average molecular weight is 407 g/mol. The molecule has 120 valence electrons. The Bertz CT molecular complexity index is 435. The van der Waals surface area contributed by atoms with Crippen LogP contribution < -0.4 is 10.6 Å². The molecule has 0 saturated heterocycles. The highest BCUT2D eigenvalue weighted by molar-refractivity contribution is 14.0. The van der Waals surface area contributed by atoms with E-state index in [0.29, 0.717) is 30.5 Å². The van der Waals surface area contributed by atoms with Crippen LogP contribution in [0, 0.1) is 11.7 Å². The van der Waals surface area contributed by atoms with Crippen LogP contribution in [0.4, 0.5) is 4.39 Å². The Balaban J connectivity index is 0.00000400. The van der Waals surface area contributed by atoms with Crippen LogP contribution in [-0.4, -0.2) is 25.1 Å². The first kappa shape index (κ1) is 20.1. The van der Waals surface area contributed by atoms with Gasteiger partial charge in [0.15, 0.2) is 5.96 Å². The monoisotopic (exact) mass is 407 g/mol. The standard InChI is InChI=1S/C16H26FN3.HI/c1-5-18-16(20-13(4)12(2)3)19-11-10-14-8-6-7-9-15(14)17;/h6-9,12-13H,5,10-11H2,1-4H3,(H2,18,19,20);1H. The van der Waals surface area contributed by atoms with Crippen LogP contribution in [0.25, 0.3) is 0 Å². The predicted octanol–water partition coefficient (Wildman–Crippen LogP) is 3.59. The van der Waals surface area contributed by atoms with Crippen LogP contribution in [0.3, 0.4) is 0 Å². The summed E-state index contributed by atoms with van der Waals surface area (Å²) in [7, 11) is 0. The Morgan fingerprint density at radius 1 is 1.24 bits per heavy atom. The third kappa shape index (κ3) is 7.64. The summed E-state index contributed by atoms with van der Waals surface area (Å²) in [4.78, 5) is 4.50. The molecule has 3 nitrogen and oxygen atoms in total. The normalized spacial score (nSPS) is 12.8. The maximum absolute atomic E-state index is 13.5. The van der Waals surface area contributed by atoms with Gasteiger partial charge in [-0.15, -0.1) is 24.0 Å². The number of hydrogen-bond acceptors (Lipinski definition) is 1. The molecule has 5 heteroatoms. The van der Waals surface area contributed by atoms with E-state index in [1.165, 1.54) is 6.07 Å². The first-order valence-electron chi connectivity index (χ1n) is 7.32. The number of hydrogen-bond donors (Lipinski definition) is 2. The maximum atomic E-state index is 13.5. The van der Waals surface area contributed by atoms with Crippen molar-refractivity contribution in [2.24, 2.45) is 10.9 Å². The summed E-state index contributed by atoms with van der Waals surface area (Å²) in [5.41, 5.74) is 0.712. The number of guanidine groups is 1. The van der Waals surface area contributed by atoms with E-state index >= 15 is 0 Å². The first-order chi connectivity index (χ1) is 9.54. The van der Waals surface area contributed by atoms with E-state index in [1.807, 2.05) is 19.1 Å². The zero-order chi connectivity index (χ0) is 15.0. The van der Waals surface area contributed by atoms with Gasteiger partial charge in [-0.05, 0) is 37.8 Å². The van der Waals surface area contributed by atoms with E-state index < -0.39 is 0 Å². The summed E-state index contributed by atoms with van der Waals surface area (Å²) in [6.45, 7) is 9.89. The van der Waals surface area contributed by atoms with E-state index in [9.17, 15) is 4.39 Å². The number of rotatable bonds is 6. The second-order valence-electron chi connectivity index (χ2n) is 5.28. The summed E-state index contributed by atoms with van der Waals surface area (Å²) < 4.78 is 13.5. The van der Waals surface area contributed by atoms with Gasteiger partial charge in [0.05, 0.1) is 0 Å². The van der Waals surface area contributed by atoms with Crippen LogP contribution in [0.1, 0.15) is 33.3 Å². The van der Waals surface area contributed by atoms with Gasteiger partial charge in [-0.25, -0.2) is 4.39 Å². The van der Waals surface area contributed by atoms with Gasteiger partial charge in [0.25, 0.3) is 0 Å². The van der Waals surface area contributed by atoms with Gasteiger partial charge in [-0.3, -0.25) is 4.99 Å². The van der Waals surface area contributed by atoms with Crippen LogP contribution in [0.5, 0.6) is 0 Å². The summed E-state index contributed by atoms with van der Waals surface area (Å²) in [5, 5.41) is 6.58. The molecule has 1 unspecified atom stereocenters. The highest BCUT2D eigenvalue weighted by Gasteiger charge is 2.08. The Morgan fingerprint density at radius 3 is 2.48 bits per heavy atom. The molecule has 1 aromatic rings. The lowest BCUT2D eigenvalue weighted by Gasteiger charge is -2.20. The lowest BCUT2D eigenvalue weighted by molar-refractivity contribution is 0.481. The van der Waals surface area contributed by atoms with Gasteiger partial charge in [0, 0.05) is 19.1 Å². The zero-order valence-electron chi connectivity index (χ0n) is 13.3. The van der Waals surface area contributed by atoms with Crippen molar-refractivity contribution in [3.8, 4) is 0 Å². The topological polar surface area (TPSA) is 36.4 Å². The predicted molar refractivity (Wildman–Crippen MR) is 98.9 cm³/mol. The van der Waals surface area contributed by atoms with Gasteiger partial charge < -0.3 is 10.6 Å². The fourth-order valence-electron chi connectivity index (χ4n) is 1.69. The maximum Gasteiger partial charge on any atom is 0.191 e. The van der Waals surface area contributed by atoms with Gasteiger partial charge >= 0.3 is 0 Å². The van der Waals surface area contributed by atoms with E-state index in [2.05, 4.69) is 36.4 Å². The second kappa shape index (κ2) is 10.8. The molecule has 1 rings (SSSR count). The molecule has 0 radical (unpaired) electrons. The molecule has 0 aromatic heterocycles. The molecule has 0 bridgehead atoms. The van der Waals surface area contributed by atoms with Crippen molar-refractivity contribution >= 4 is 29.9 Å². The van der Waals surface area contributed by atoms with Crippen LogP contribution in [0.15, 0.2) is 29.3 Å². The van der Waals surface area contributed by atoms with E-state index in [0.717, 1.165) is 12.5 Å². The fourth-order valence-corrected chi connectivity index (χ4v) is 1.69. The Morgan fingerprint density at radius 2 is 1.90 bits per heavy atom. The van der Waals surface area contributed by atoms with Crippen molar-refractivity contribution in [1.82, 2.24) is 10.6 Å². The molecule has 21 heavy (non-hydrogen) atoms. The molecule has 1 aromatic carbocycles. The minimum Gasteiger partial charge on any atom is -0.357 e. The zero-order valence-corrected chi connectivity index (χ0v) is 15.6. The molecular weight excluding hydrogens is 380 g/mol. The van der Waals surface area contributed by atoms with E-state index in [4.69, 9.17) is 0 Å². The summed E-state index contributed by atoms with van der Waals surface area (Å²) >= 11 is 0. The Labute approximate surface area is 144 Å². The second-order valence-corrected chi connectivity index (χ2v) is 5.28. The number of halogens is 2. The van der Waals surface area contributed by atoms with Gasteiger partial charge in [0.1, 0.15) is 5.82 Å². The minimum atomic E-state index is -0.156. The third-order valence-corrected chi connectivity index (χ3v) is 3.32. The Kier molecular flexibility index (Phi) is 10.4. The van der Waals surface area contributed by atoms with Gasteiger partial charge in [-0.1, -0.05) is 32.0 Å². The molecule has 0 aliphatic heterocycles. The number of aliphatic imine (C=N–C) groups is 1. The van der Waals surface area contributed by atoms with Crippen molar-refractivity contribution in [2.45, 2.75) is 40.2 Å². The SMILES string of the molecule is CCNC(=NCCc1ccccc1F)NC(C)C(C)C.I. The van der Waals surface area contributed by atoms with Gasteiger partial charge in [-0.2, -0.15) is 0 Å². The summed E-state index contributed by atoms with van der Waals surface area (Å²) in [6.07, 6.45) is 0.610. The molecular formula is C16H27FIN3. The lowest BCUT2D eigenvalue weighted by Crippen LogP contribution is -2.44. The molecule has 0 fully saturated rings. The largest absolute Gasteiger partial charge is 0.357 e. The smallest absolute Gasteiger partial charge is 0.191 e. The summed E-state index contributed by atoms with van der Waals surface area (Å²) in [6, 6.07) is 7.21. The average Bonchev–Trinajstić information content (AvgIpc) is 2.41. The fraction of sp³-hybridized carbons (Fsp3) is 0.562. The van der Waals surface area contributed by atoms with Crippen molar-refractivity contribution in [1.29, 1.82) is 0 Å². The number of benzene rings is 1. The van der Waals surface area contributed by atoms with Crippen molar-refractivity contribution in [3.05, 3.63) is 35.6 Å². The van der Waals surface area contributed by atoms with Crippen molar-refractivity contribution < 1.29 is 4.39 Å². The van der Waals surface area contributed by atoms with Crippen LogP contribution >= 0.6 is 24.0 Å². The molecule has 0 saturated carbocycles. The minimum absolute atomic E-state index is 0. The lowest BCUT2D eigenvalue weighted by atomic mass is 10.1. The van der Waals surface area contributed by atoms with Crippen LogP contribution in [0.2, 0.25) is 0 Å². The molecule has 0 spiro atoms.